The Kier molecular flexibility index (Phi) is 6.12. The van der Waals surface area contributed by atoms with Crippen LogP contribution < -0.4 is 5.32 Å². The maximum absolute atomic E-state index is 12.0. The summed E-state index contributed by atoms with van der Waals surface area (Å²) in [5.41, 5.74) is 0.216. The molecule has 104 valence electrons. The van der Waals surface area contributed by atoms with Crippen LogP contribution >= 0.6 is 23.2 Å². The van der Waals surface area contributed by atoms with E-state index in [1.165, 1.54) is 18.2 Å². The van der Waals surface area contributed by atoms with E-state index in [1.807, 2.05) is 6.92 Å². The van der Waals surface area contributed by atoms with Gasteiger partial charge in [-0.25, -0.2) is 4.79 Å². The molecule has 1 aromatic rings. The second-order valence-corrected chi connectivity index (χ2v) is 4.97. The average molecular weight is 304 g/mol. The van der Waals surface area contributed by atoms with Crippen molar-refractivity contribution in [2.75, 3.05) is 0 Å². The van der Waals surface area contributed by atoms with Crippen LogP contribution in [0.3, 0.4) is 0 Å². The zero-order chi connectivity index (χ0) is 14.4. The van der Waals surface area contributed by atoms with Gasteiger partial charge in [-0.3, -0.25) is 4.79 Å². The third kappa shape index (κ3) is 4.73. The second-order valence-electron chi connectivity index (χ2n) is 4.13. The van der Waals surface area contributed by atoms with Crippen molar-refractivity contribution < 1.29 is 14.7 Å². The monoisotopic (exact) mass is 303 g/mol. The Morgan fingerprint density at radius 1 is 1.37 bits per heavy atom. The van der Waals surface area contributed by atoms with Crippen LogP contribution in [0.5, 0.6) is 0 Å². The van der Waals surface area contributed by atoms with E-state index in [2.05, 4.69) is 5.32 Å². The largest absolute Gasteiger partial charge is 0.480 e. The molecular weight excluding hydrogens is 289 g/mol. The van der Waals surface area contributed by atoms with E-state index in [-0.39, 0.29) is 10.6 Å². The molecule has 4 nitrogen and oxygen atoms in total. The first-order valence-electron chi connectivity index (χ1n) is 5.94. The maximum atomic E-state index is 12.0. The second kappa shape index (κ2) is 7.36. The minimum absolute atomic E-state index is 0.199. The quantitative estimate of drug-likeness (QED) is 0.847. The Labute approximate surface area is 121 Å². The number of carboxylic acid groups (broad SMARTS) is 1. The molecule has 0 saturated heterocycles. The summed E-state index contributed by atoms with van der Waals surface area (Å²) in [6.45, 7) is 1.96. The van der Waals surface area contributed by atoms with Crippen LogP contribution in [-0.4, -0.2) is 23.0 Å². The van der Waals surface area contributed by atoms with Crippen LogP contribution in [0.25, 0.3) is 0 Å². The Bertz CT molecular complexity index is 477. The van der Waals surface area contributed by atoms with E-state index < -0.39 is 17.9 Å². The van der Waals surface area contributed by atoms with E-state index in [1.54, 1.807) is 0 Å². The fraction of sp³-hybridized carbons (Fsp3) is 0.385. The number of hydrogen-bond acceptors (Lipinski definition) is 2. The van der Waals surface area contributed by atoms with Crippen LogP contribution in [0.1, 0.15) is 36.5 Å². The fourth-order valence-electron chi connectivity index (χ4n) is 1.58. The number of amides is 1. The normalized spacial score (nSPS) is 11.9. The molecule has 0 aliphatic rings. The number of aliphatic carboxylic acids is 1. The third-order valence-corrected chi connectivity index (χ3v) is 3.17. The number of carboxylic acids is 1. The summed E-state index contributed by atoms with van der Waals surface area (Å²) in [5.74, 6) is -1.56. The summed E-state index contributed by atoms with van der Waals surface area (Å²) in [7, 11) is 0. The summed E-state index contributed by atoms with van der Waals surface area (Å²) in [5, 5.41) is 12.1. The van der Waals surface area contributed by atoms with Crippen molar-refractivity contribution in [3.63, 3.8) is 0 Å². The molecule has 6 heteroatoms. The van der Waals surface area contributed by atoms with Crippen molar-refractivity contribution in [3.05, 3.63) is 33.8 Å². The Hall–Kier alpha value is -1.26. The lowest BCUT2D eigenvalue weighted by molar-refractivity contribution is -0.139. The van der Waals surface area contributed by atoms with Gasteiger partial charge in [0.25, 0.3) is 5.91 Å². The molecule has 0 radical (unpaired) electrons. The predicted molar refractivity (Wildman–Crippen MR) is 74.9 cm³/mol. The summed E-state index contributed by atoms with van der Waals surface area (Å²) in [6.07, 6.45) is 1.98. The average Bonchev–Trinajstić information content (AvgIpc) is 2.33. The number of benzene rings is 1. The molecule has 0 spiro atoms. The van der Waals surface area contributed by atoms with Gasteiger partial charge < -0.3 is 10.4 Å². The highest BCUT2D eigenvalue weighted by atomic mass is 35.5. The first-order valence-corrected chi connectivity index (χ1v) is 6.70. The molecule has 2 N–H and O–H groups in total. The summed E-state index contributed by atoms with van der Waals surface area (Å²) < 4.78 is 0. The van der Waals surface area contributed by atoms with Crippen molar-refractivity contribution in [2.45, 2.75) is 32.2 Å². The first-order chi connectivity index (χ1) is 8.95. The molecule has 0 aliphatic carbocycles. The minimum atomic E-state index is -1.05. The van der Waals surface area contributed by atoms with E-state index in [9.17, 15) is 9.59 Å². The zero-order valence-electron chi connectivity index (χ0n) is 10.5. The summed E-state index contributed by atoms with van der Waals surface area (Å²) in [6, 6.07) is 3.54. The van der Waals surface area contributed by atoms with Crippen molar-refractivity contribution >= 4 is 35.1 Å². The molecule has 0 unspecified atom stereocenters. The van der Waals surface area contributed by atoms with Crippen LogP contribution in [-0.2, 0) is 4.79 Å². The van der Waals surface area contributed by atoms with Crippen molar-refractivity contribution in [1.82, 2.24) is 5.32 Å². The molecule has 0 aliphatic heterocycles. The van der Waals surface area contributed by atoms with Gasteiger partial charge in [0.05, 0.1) is 10.6 Å². The molecule has 0 aromatic heterocycles. The van der Waals surface area contributed by atoms with Crippen molar-refractivity contribution in [2.24, 2.45) is 0 Å². The number of nitrogens with one attached hydrogen (secondary N) is 1. The zero-order valence-corrected chi connectivity index (χ0v) is 12.0. The van der Waals surface area contributed by atoms with Crippen LogP contribution in [0.4, 0.5) is 0 Å². The van der Waals surface area contributed by atoms with Crippen molar-refractivity contribution in [3.8, 4) is 0 Å². The highest BCUT2D eigenvalue weighted by Gasteiger charge is 2.21. The topological polar surface area (TPSA) is 66.4 Å². The van der Waals surface area contributed by atoms with Gasteiger partial charge in [-0.15, -0.1) is 0 Å². The highest BCUT2D eigenvalue weighted by Crippen LogP contribution is 2.21. The van der Waals surface area contributed by atoms with Gasteiger partial charge in [-0.05, 0) is 24.6 Å². The molecule has 0 fully saturated rings. The summed E-state index contributed by atoms with van der Waals surface area (Å²) >= 11 is 11.6. The van der Waals surface area contributed by atoms with E-state index in [4.69, 9.17) is 28.3 Å². The molecule has 0 saturated carbocycles. The standard InChI is InChI=1S/C13H15Cl2NO3/c1-2-3-4-11(13(18)19)16-12(17)9-6-5-8(14)7-10(9)15/h5-7,11H,2-4H2,1H3,(H,16,17)(H,18,19)/t11-/m0/s1. The molecule has 0 heterocycles. The Morgan fingerprint density at radius 3 is 2.58 bits per heavy atom. The van der Waals surface area contributed by atoms with Gasteiger partial charge in [0.1, 0.15) is 6.04 Å². The number of carbonyl (C=O) groups is 2. The van der Waals surface area contributed by atoms with Crippen LogP contribution in [0, 0.1) is 0 Å². The molecule has 1 atom stereocenters. The van der Waals surface area contributed by atoms with Gasteiger partial charge in [0.2, 0.25) is 0 Å². The molecule has 19 heavy (non-hydrogen) atoms. The predicted octanol–water partition coefficient (Wildman–Crippen LogP) is 3.37. The highest BCUT2D eigenvalue weighted by molar-refractivity contribution is 6.36. The van der Waals surface area contributed by atoms with Gasteiger partial charge in [0, 0.05) is 5.02 Å². The number of hydrogen-bond donors (Lipinski definition) is 2. The van der Waals surface area contributed by atoms with Crippen molar-refractivity contribution in [1.29, 1.82) is 0 Å². The minimum Gasteiger partial charge on any atom is -0.480 e. The number of carbonyl (C=O) groups excluding carboxylic acids is 1. The maximum Gasteiger partial charge on any atom is 0.326 e. The lowest BCUT2D eigenvalue weighted by Gasteiger charge is -2.14. The van der Waals surface area contributed by atoms with E-state index in [0.717, 1.165) is 12.8 Å². The molecule has 1 aromatic carbocycles. The van der Waals surface area contributed by atoms with E-state index >= 15 is 0 Å². The Morgan fingerprint density at radius 2 is 2.05 bits per heavy atom. The Balaban J connectivity index is 2.78. The first kappa shape index (κ1) is 15.8. The lowest BCUT2D eigenvalue weighted by Crippen LogP contribution is -2.40. The molecule has 1 amide bonds. The molecule has 1 rings (SSSR count). The number of halogens is 2. The lowest BCUT2D eigenvalue weighted by atomic mass is 10.1. The third-order valence-electron chi connectivity index (χ3n) is 2.63. The SMILES string of the molecule is CCCC[C@H](NC(=O)c1ccc(Cl)cc1Cl)C(=O)O. The molecule has 0 bridgehead atoms. The van der Waals surface area contributed by atoms with Gasteiger partial charge in [0.15, 0.2) is 0 Å². The van der Waals surface area contributed by atoms with Gasteiger partial charge in [-0.2, -0.15) is 0 Å². The number of rotatable bonds is 6. The van der Waals surface area contributed by atoms with E-state index in [0.29, 0.717) is 11.4 Å². The number of unbranched alkanes of at least 4 members (excludes halogenated alkanes) is 1. The van der Waals surface area contributed by atoms with Crippen LogP contribution in [0.2, 0.25) is 10.0 Å². The van der Waals surface area contributed by atoms with Gasteiger partial charge >= 0.3 is 5.97 Å². The molecular formula is C13H15Cl2NO3. The fourth-order valence-corrected chi connectivity index (χ4v) is 2.07. The summed E-state index contributed by atoms with van der Waals surface area (Å²) in [4.78, 5) is 23.0. The van der Waals surface area contributed by atoms with Crippen LogP contribution in [0.15, 0.2) is 18.2 Å². The van der Waals surface area contributed by atoms with Gasteiger partial charge in [-0.1, -0.05) is 43.0 Å². The smallest absolute Gasteiger partial charge is 0.326 e.